The van der Waals surface area contributed by atoms with Crippen molar-refractivity contribution in [3.05, 3.63) is 0 Å². The Morgan fingerprint density at radius 3 is 2.67 bits per heavy atom. The van der Waals surface area contributed by atoms with E-state index in [-0.39, 0.29) is 25.0 Å². The van der Waals surface area contributed by atoms with Gasteiger partial charge < -0.3 is 19.3 Å². The smallest absolute Gasteiger partial charge is 0.315 e. The number of carbonyl (C=O) groups excluding carboxylic acids is 2. The highest BCUT2D eigenvalue weighted by Crippen LogP contribution is 2.86. The average molecular weight is 294 g/mol. The standard InChI is InChI=1S/C15H18O6/c1-11-6-19-10(18)12(11,2)9-14-5-8(17)20-15(11,14)4-7(16)13(14,3)21-9/h7,9,16H,4-6H2,1-3H3/t7-,9-,11+,12-,13+,14+,15-/m1/s1. The third-order valence-electron chi connectivity index (χ3n) is 7.72. The predicted octanol–water partition coefficient (Wildman–Crippen LogP) is 0.164. The van der Waals surface area contributed by atoms with Crippen LogP contribution in [-0.2, 0) is 23.8 Å². The minimum absolute atomic E-state index is 0.208. The second-order valence-corrected chi connectivity index (χ2v) is 7.88. The Kier molecular flexibility index (Phi) is 1.62. The molecule has 5 rings (SSSR count). The Morgan fingerprint density at radius 2 is 1.95 bits per heavy atom. The van der Waals surface area contributed by atoms with Gasteiger partial charge in [-0.25, -0.2) is 0 Å². The molecule has 3 saturated heterocycles. The van der Waals surface area contributed by atoms with Crippen LogP contribution in [0.3, 0.4) is 0 Å². The second-order valence-electron chi connectivity index (χ2n) is 7.88. The van der Waals surface area contributed by atoms with E-state index in [1.807, 2.05) is 20.8 Å². The number of aliphatic hydroxyl groups excluding tert-OH is 1. The molecule has 5 fully saturated rings. The van der Waals surface area contributed by atoms with Gasteiger partial charge in [0.05, 0.1) is 29.5 Å². The zero-order valence-electron chi connectivity index (χ0n) is 12.3. The largest absolute Gasteiger partial charge is 0.464 e. The molecule has 2 saturated carbocycles. The molecule has 0 aromatic carbocycles. The summed E-state index contributed by atoms with van der Waals surface area (Å²) < 4.78 is 17.3. The van der Waals surface area contributed by atoms with E-state index in [4.69, 9.17) is 14.2 Å². The molecule has 0 aromatic heterocycles. The van der Waals surface area contributed by atoms with E-state index in [0.29, 0.717) is 6.42 Å². The van der Waals surface area contributed by atoms with Crippen molar-refractivity contribution in [2.75, 3.05) is 6.61 Å². The van der Waals surface area contributed by atoms with Crippen molar-refractivity contribution in [2.45, 2.75) is 57.0 Å². The molecule has 3 aliphatic heterocycles. The lowest BCUT2D eigenvalue weighted by Gasteiger charge is -2.59. The van der Waals surface area contributed by atoms with Crippen LogP contribution in [0.15, 0.2) is 0 Å². The van der Waals surface area contributed by atoms with E-state index in [1.54, 1.807) is 0 Å². The fourth-order valence-electron chi connectivity index (χ4n) is 6.40. The van der Waals surface area contributed by atoms with E-state index >= 15 is 0 Å². The predicted molar refractivity (Wildman–Crippen MR) is 66.9 cm³/mol. The lowest BCUT2D eigenvalue weighted by atomic mass is 9.60. The monoisotopic (exact) mass is 294 g/mol. The number of ether oxygens (including phenoxy) is 3. The fourth-order valence-corrected chi connectivity index (χ4v) is 6.40. The van der Waals surface area contributed by atoms with E-state index < -0.39 is 39.7 Å². The summed E-state index contributed by atoms with van der Waals surface area (Å²) in [7, 11) is 0. The van der Waals surface area contributed by atoms with Gasteiger partial charge in [0.1, 0.15) is 23.2 Å². The number of hydrogen-bond acceptors (Lipinski definition) is 6. The van der Waals surface area contributed by atoms with Gasteiger partial charge in [0.2, 0.25) is 0 Å². The molecule has 0 aromatic rings. The highest BCUT2D eigenvalue weighted by Gasteiger charge is 2.99. The minimum Gasteiger partial charge on any atom is -0.464 e. The number of fused-ring (bicyclic) bond motifs is 2. The highest BCUT2D eigenvalue weighted by atomic mass is 16.6. The molecule has 114 valence electrons. The number of carbonyl (C=O) groups is 2. The van der Waals surface area contributed by atoms with Crippen LogP contribution >= 0.6 is 0 Å². The van der Waals surface area contributed by atoms with Crippen molar-refractivity contribution in [1.82, 2.24) is 0 Å². The molecule has 0 unspecified atom stereocenters. The fraction of sp³-hybridized carbons (Fsp3) is 0.867. The van der Waals surface area contributed by atoms with Crippen molar-refractivity contribution in [2.24, 2.45) is 16.2 Å². The molecular formula is C15H18O6. The van der Waals surface area contributed by atoms with Crippen molar-refractivity contribution in [1.29, 1.82) is 0 Å². The van der Waals surface area contributed by atoms with E-state index in [1.165, 1.54) is 0 Å². The Bertz CT molecular complexity index is 632. The summed E-state index contributed by atoms with van der Waals surface area (Å²) in [5, 5.41) is 10.5. The summed E-state index contributed by atoms with van der Waals surface area (Å²) in [6, 6.07) is 0. The third-order valence-corrected chi connectivity index (χ3v) is 7.72. The molecule has 7 atom stereocenters. The first-order valence-electron chi connectivity index (χ1n) is 7.45. The lowest BCUT2D eigenvalue weighted by Crippen LogP contribution is -2.72. The SMILES string of the molecule is C[C@]12COC(=O)[C@@]1(C)[C@H]1O[C@@]3(C)[C@H](O)C[C@@]24OC(=O)C[C@@]143. The van der Waals surface area contributed by atoms with Crippen molar-refractivity contribution >= 4 is 11.9 Å². The number of hydrogen-bond donors (Lipinski definition) is 1. The Hall–Kier alpha value is -1.14. The summed E-state index contributed by atoms with van der Waals surface area (Å²) in [4.78, 5) is 24.5. The highest BCUT2D eigenvalue weighted by molar-refractivity contribution is 5.86. The molecule has 6 heteroatoms. The van der Waals surface area contributed by atoms with E-state index in [2.05, 4.69) is 0 Å². The maximum Gasteiger partial charge on any atom is 0.315 e. The molecule has 3 heterocycles. The van der Waals surface area contributed by atoms with E-state index in [0.717, 1.165) is 0 Å². The van der Waals surface area contributed by atoms with Crippen molar-refractivity contribution in [3.8, 4) is 0 Å². The first kappa shape index (κ1) is 12.4. The van der Waals surface area contributed by atoms with Gasteiger partial charge in [0, 0.05) is 6.42 Å². The average Bonchev–Trinajstić information content (AvgIpc) is 2.92. The maximum atomic E-state index is 12.4. The summed E-state index contributed by atoms with van der Waals surface area (Å²) in [5.41, 5.74) is -3.79. The first-order chi connectivity index (χ1) is 9.70. The zero-order chi connectivity index (χ0) is 15.1. The van der Waals surface area contributed by atoms with Gasteiger partial charge in [-0.2, -0.15) is 0 Å². The molecule has 1 N–H and O–H groups in total. The third kappa shape index (κ3) is 0.744. The van der Waals surface area contributed by atoms with Crippen LogP contribution in [0, 0.1) is 16.2 Å². The van der Waals surface area contributed by atoms with Crippen LogP contribution in [0.1, 0.15) is 33.6 Å². The summed E-state index contributed by atoms with van der Waals surface area (Å²) >= 11 is 0. The summed E-state index contributed by atoms with van der Waals surface area (Å²) in [6.45, 7) is 5.86. The van der Waals surface area contributed by atoms with Gasteiger partial charge in [-0.15, -0.1) is 0 Å². The van der Waals surface area contributed by atoms with Gasteiger partial charge in [0.15, 0.2) is 0 Å². The number of rotatable bonds is 0. The summed E-state index contributed by atoms with van der Waals surface area (Å²) in [6.07, 6.45) is -0.601. The quantitative estimate of drug-likeness (QED) is 0.641. The summed E-state index contributed by atoms with van der Waals surface area (Å²) in [5.74, 6) is -0.540. The van der Waals surface area contributed by atoms with Crippen LogP contribution in [0.4, 0.5) is 0 Å². The van der Waals surface area contributed by atoms with Gasteiger partial charge in [-0.05, 0) is 13.8 Å². The van der Waals surface area contributed by atoms with Crippen LogP contribution < -0.4 is 0 Å². The van der Waals surface area contributed by atoms with Gasteiger partial charge in [0.25, 0.3) is 0 Å². The Morgan fingerprint density at radius 1 is 1.24 bits per heavy atom. The molecule has 0 radical (unpaired) electrons. The first-order valence-corrected chi connectivity index (χ1v) is 7.45. The molecule has 21 heavy (non-hydrogen) atoms. The lowest BCUT2D eigenvalue weighted by molar-refractivity contribution is -0.334. The van der Waals surface area contributed by atoms with E-state index in [9.17, 15) is 14.7 Å². The minimum atomic E-state index is -0.866. The van der Waals surface area contributed by atoms with Gasteiger partial charge in [-0.3, -0.25) is 9.59 Å². The second kappa shape index (κ2) is 2.74. The van der Waals surface area contributed by atoms with Crippen molar-refractivity contribution < 1.29 is 28.9 Å². The van der Waals surface area contributed by atoms with Crippen LogP contribution in [0.5, 0.6) is 0 Å². The number of cyclic esters (lactones) is 1. The van der Waals surface area contributed by atoms with Crippen LogP contribution in [0.2, 0.25) is 0 Å². The molecule has 0 amide bonds. The maximum absolute atomic E-state index is 12.4. The Balaban J connectivity index is 1.85. The molecule has 6 nitrogen and oxygen atoms in total. The topological polar surface area (TPSA) is 82.1 Å². The molecule has 0 bridgehead atoms. The molecule has 5 aliphatic rings. The normalized spacial score (nSPS) is 66.3. The number of esters is 2. The van der Waals surface area contributed by atoms with Crippen molar-refractivity contribution in [3.63, 3.8) is 0 Å². The molecule has 2 aliphatic carbocycles. The molecule has 1 spiro atoms. The molecular weight excluding hydrogens is 276 g/mol. The number of aliphatic hydroxyl groups is 1. The van der Waals surface area contributed by atoms with Crippen LogP contribution in [0.25, 0.3) is 0 Å². The Labute approximate surface area is 121 Å². The van der Waals surface area contributed by atoms with Gasteiger partial charge in [-0.1, -0.05) is 6.92 Å². The van der Waals surface area contributed by atoms with Crippen LogP contribution in [-0.4, -0.2) is 47.1 Å². The van der Waals surface area contributed by atoms with Gasteiger partial charge >= 0.3 is 11.9 Å². The zero-order valence-corrected chi connectivity index (χ0v) is 12.3.